The van der Waals surface area contributed by atoms with E-state index in [1.165, 1.54) is 7.11 Å². The maximum Gasteiger partial charge on any atom is 0.337 e. The summed E-state index contributed by atoms with van der Waals surface area (Å²) >= 11 is 0. The monoisotopic (exact) mass is 314 g/mol. The van der Waals surface area contributed by atoms with Crippen LogP contribution in [0.5, 0.6) is 0 Å². The van der Waals surface area contributed by atoms with Crippen molar-refractivity contribution in [1.29, 1.82) is 0 Å². The topological polar surface area (TPSA) is 58.6 Å². The van der Waals surface area contributed by atoms with E-state index in [2.05, 4.69) is 5.32 Å². The van der Waals surface area contributed by atoms with E-state index in [0.29, 0.717) is 16.8 Å². The predicted octanol–water partition coefficient (Wildman–Crippen LogP) is 3.40. The second kappa shape index (κ2) is 5.78. The highest BCUT2D eigenvalue weighted by atomic mass is 31.1. The molecule has 0 saturated heterocycles. The van der Waals surface area contributed by atoms with Crippen molar-refractivity contribution in [2.45, 2.75) is 0 Å². The lowest BCUT2D eigenvalue weighted by Crippen LogP contribution is -2.21. The number of fused-ring (bicyclic) bond motifs is 2. The smallest absolute Gasteiger partial charge is 0.337 e. The van der Waals surface area contributed by atoms with Crippen molar-refractivity contribution in [3.8, 4) is 0 Å². The molecule has 1 N–H and O–H groups in total. The molecular weight excluding hydrogens is 299 g/mol. The first-order valence-corrected chi connectivity index (χ1v) is 8.20. The summed E-state index contributed by atoms with van der Waals surface area (Å²) in [7, 11) is 1.58. The largest absolute Gasteiger partial charge is 0.465 e. The number of ether oxygens (including phenoxy) is 1. The number of amides is 1. The van der Waals surface area contributed by atoms with Crippen molar-refractivity contribution in [3.05, 3.63) is 53.6 Å². The molecule has 2 aromatic carbocycles. The average molecular weight is 314 g/mol. The van der Waals surface area contributed by atoms with E-state index < -0.39 is 5.97 Å². The van der Waals surface area contributed by atoms with Gasteiger partial charge >= 0.3 is 5.97 Å². The van der Waals surface area contributed by atoms with Crippen molar-refractivity contribution < 1.29 is 14.3 Å². The minimum atomic E-state index is -0.420. The number of hydrogen-bond acceptors (Lipinski definition) is 4. The van der Waals surface area contributed by atoms with Crippen LogP contribution in [0.25, 0.3) is 0 Å². The van der Waals surface area contributed by atoms with E-state index in [9.17, 15) is 9.59 Å². The maximum atomic E-state index is 12.8. The Hall–Kier alpha value is -2.39. The van der Waals surface area contributed by atoms with Crippen LogP contribution in [0.1, 0.15) is 20.7 Å². The first-order chi connectivity index (χ1) is 10.7. The Bertz CT molecular complexity index is 761. The van der Waals surface area contributed by atoms with Crippen LogP contribution in [-0.4, -0.2) is 25.7 Å². The molecule has 1 aliphatic heterocycles. The summed E-state index contributed by atoms with van der Waals surface area (Å²) in [5, 5.41) is 3.27. The van der Waals surface area contributed by atoms with E-state index in [1.54, 1.807) is 28.9 Å². The summed E-state index contributed by atoms with van der Waals surface area (Å²) < 4.78 is 6.44. The number of anilines is 3. The second-order valence-corrected chi connectivity index (χ2v) is 5.65. The molecule has 0 aliphatic carbocycles. The van der Waals surface area contributed by atoms with Crippen LogP contribution in [0.3, 0.4) is 0 Å². The Labute approximate surface area is 130 Å². The fourth-order valence-electron chi connectivity index (χ4n) is 2.44. The van der Waals surface area contributed by atoms with Crippen molar-refractivity contribution in [3.63, 3.8) is 0 Å². The number of esters is 1. The van der Waals surface area contributed by atoms with E-state index in [-0.39, 0.29) is 14.6 Å². The zero-order valence-electron chi connectivity index (χ0n) is 12.2. The molecule has 1 atom stereocenters. The van der Waals surface area contributed by atoms with Gasteiger partial charge in [0.15, 0.2) is 0 Å². The molecule has 22 heavy (non-hydrogen) atoms. The number of para-hydroxylation sites is 1. The van der Waals surface area contributed by atoms with Gasteiger partial charge in [-0.15, -0.1) is 0 Å². The number of nitrogens with one attached hydrogen (secondary N) is 1. The van der Waals surface area contributed by atoms with Gasteiger partial charge in [0.2, 0.25) is 0 Å². The Balaban J connectivity index is 2.17. The Morgan fingerprint density at radius 3 is 2.68 bits per heavy atom. The zero-order valence-corrected chi connectivity index (χ0v) is 13.2. The third kappa shape index (κ3) is 2.34. The normalized spacial score (nSPS) is 13.4. The van der Waals surface area contributed by atoms with Gasteiger partial charge in [-0.1, -0.05) is 12.1 Å². The summed E-state index contributed by atoms with van der Waals surface area (Å²) in [6, 6.07) is 12.6. The number of benzene rings is 2. The SMILES string of the molecule is COC(=O)c1ccc2c(c1)N(PC)C(=O)c1ccccc1N2. The van der Waals surface area contributed by atoms with Crippen LogP contribution in [0, 0.1) is 0 Å². The summed E-state index contributed by atoms with van der Waals surface area (Å²) in [4.78, 5) is 24.5. The first kappa shape index (κ1) is 14.5. The minimum Gasteiger partial charge on any atom is -0.465 e. The van der Waals surface area contributed by atoms with Gasteiger partial charge in [-0.2, -0.15) is 0 Å². The lowest BCUT2D eigenvalue weighted by Gasteiger charge is -2.21. The summed E-state index contributed by atoms with van der Waals surface area (Å²) in [5.41, 5.74) is 3.28. The van der Waals surface area contributed by atoms with E-state index in [0.717, 1.165) is 11.4 Å². The summed E-state index contributed by atoms with van der Waals surface area (Å²) in [6.07, 6.45) is 0. The molecule has 0 aromatic heterocycles. The van der Waals surface area contributed by atoms with Gasteiger partial charge in [0.25, 0.3) is 5.91 Å². The third-order valence-corrected chi connectivity index (χ3v) is 4.40. The van der Waals surface area contributed by atoms with Crippen molar-refractivity contribution in [2.24, 2.45) is 0 Å². The number of methoxy groups -OCH3 is 1. The fourth-order valence-corrected chi connectivity index (χ4v) is 3.19. The maximum absolute atomic E-state index is 12.8. The van der Waals surface area contributed by atoms with Crippen LogP contribution in [0.15, 0.2) is 42.5 Å². The number of carbonyl (C=O) groups excluding carboxylic acids is 2. The number of carbonyl (C=O) groups is 2. The minimum absolute atomic E-state index is 0.0790. The molecule has 1 heterocycles. The van der Waals surface area contributed by atoms with Gasteiger partial charge in [0.05, 0.1) is 35.3 Å². The van der Waals surface area contributed by atoms with Crippen LogP contribution in [0.2, 0.25) is 0 Å². The van der Waals surface area contributed by atoms with Crippen LogP contribution >= 0.6 is 8.73 Å². The molecule has 0 bridgehead atoms. The molecule has 0 fully saturated rings. The molecule has 0 saturated carbocycles. The highest BCUT2D eigenvalue weighted by molar-refractivity contribution is 7.40. The van der Waals surface area contributed by atoms with Crippen molar-refractivity contribution in [2.75, 3.05) is 23.8 Å². The highest BCUT2D eigenvalue weighted by Crippen LogP contribution is 2.40. The van der Waals surface area contributed by atoms with Gasteiger partial charge < -0.3 is 10.1 Å². The number of hydrogen-bond donors (Lipinski definition) is 1. The van der Waals surface area contributed by atoms with E-state index in [4.69, 9.17) is 4.74 Å². The van der Waals surface area contributed by atoms with Crippen LogP contribution in [-0.2, 0) is 4.74 Å². The van der Waals surface area contributed by atoms with Gasteiger partial charge in [0, 0.05) is 0 Å². The molecule has 3 rings (SSSR count). The zero-order chi connectivity index (χ0) is 15.7. The van der Waals surface area contributed by atoms with E-state index in [1.807, 2.05) is 24.9 Å². The van der Waals surface area contributed by atoms with Gasteiger partial charge in [-0.25, -0.2) is 4.79 Å². The molecule has 1 amide bonds. The molecule has 2 aromatic rings. The Kier molecular flexibility index (Phi) is 3.82. The first-order valence-electron chi connectivity index (χ1n) is 6.76. The molecule has 5 nitrogen and oxygen atoms in total. The van der Waals surface area contributed by atoms with Crippen molar-refractivity contribution in [1.82, 2.24) is 0 Å². The lowest BCUT2D eigenvalue weighted by molar-refractivity contribution is 0.0600. The molecule has 0 radical (unpaired) electrons. The highest BCUT2D eigenvalue weighted by Gasteiger charge is 2.26. The summed E-state index contributed by atoms with van der Waals surface area (Å²) in [6.45, 7) is 1.93. The third-order valence-electron chi connectivity index (χ3n) is 3.51. The Morgan fingerprint density at radius 2 is 1.95 bits per heavy atom. The van der Waals surface area contributed by atoms with Gasteiger partial charge in [0.1, 0.15) is 0 Å². The standard InChI is InChI=1S/C16H15N2O3P/c1-21-16(20)10-7-8-13-14(9-10)18(22-2)15(19)11-5-3-4-6-12(11)17-13/h3-9,17,22H,1-2H3. The molecular formula is C16H15N2O3P. The molecule has 1 unspecified atom stereocenters. The van der Waals surface area contributed by atoms with E-state index >= 15 is 0 Å². The van der Waals surface area contributed by atoms with Gasteiger partial charge in [-0.3, -0.25) is 9.46 Å². The Morgan fingerprint density at radius 1 is 1.18 bits per heavy atom. The summed E-state index contributed by atoms with van der Waals surface area (Å²) in [5.74, 6) is -0.499. The van der Waals surface area contributed by atoms with Crippen molar-refractivity contribution >= 4 is 37.7 Å². The molecule has 6 heteroatoms. The quantitative estimate of drug-likeness (QED) is 0.682. The number of rotatable bonds is 2. The molecule has 0 spiro atoms. The number of nitrogens with zero attached hydrogens (tertiary/aromatic N) is 1. The molecule has 112 valence electrons. The average Bonchev–Trinajstić information content (AvgIpc) is 2.67. The van der Waals surface area contributed by atoms with Crippen LogP contribution in [0.4, 0.5) is 17.1 Å². The van der Waals surface area contributed by atoms with Crippen LogP contribution < -0.4 is 9.99 Å². The lowest BCUT2D eigenvalue weighted by atomic mass is 10.1. The predicted molar refractivity (Wildman–Crippen MR) is 88.6 cm³/mol. The van der Waals surface area contributed by atoms with Gasteiger partial charge in [-0.05, 0) is 45.7 Å². The fraction of sp³-hybridized carbons (Fsp3) is 0.125. The second-order valence-electron chi connectivity index (χ2n) is 4.76. The molecule has 1 aliphatic rings.